The maximum absolute atomic E-state index is 13.2. The van der Waals surface area contributed by atoms with Crippen LogP contribution in [-0.4, -0.2) is 52.8 Å². The number of nitrogens with one attached hydrogen (secondary N) is 2. The Labute approximate surface area is 314 Å². The molecule has 278 valence electrons. The fourth-order valence-electron chi connectivity index (χ4n) is 10.0. The first-order valence-electron chi connectivity index (χ1n) is 19.7. The Hall–Kier alpha value is -4.08. The summed E-state index contributed by atoms with van der Waals surface area (Å²) in [5, 5.41) is 16.3. The van der Waals surface area contributed by atoms with E-state index in [0.29, 0.717) is 6.54 Å². The smallest absolute Gasteiger partial charge is 0.315 e. The standard InChI is InChI=1S/C45H54N4O4/c1-30-41(28-49(2)18-16-40-11-3-4-17-46-40)52-43(53-42(30)36-14-12-31(29-50)13-15-36)39-10-6-9-38(23-39)37-8-5-7-32(22-37)27-47-44(51)48-45-24-33-19-34(25-45)21-35(20-33)26-45/h3-15,17,22-23,30,33-35,41-43,50H,16,18-21,24-29H2,1-2H3,(H2,47,48,51)/t30-,33?,34?,35?,41+,42+,43+,45?/m1/s1. The van der Waals surface area contributed by atoms with Gasteiger partial charge in [0.25, 0.3) is 0 Å². The summed E-state index contributed by atoms with van der Waals surface area (Å²) in [5.74, 6) is 2.47. The summed E-state index contributed by atoms with van der Waals surface area (Å²) in [4.78, 5) is 20.0. The molecule has 8 heteroatoms. The normalized spacial score (nSPS) is 28.9. The number of aliphatic hydroxyl groups excluding tert-OH is 1. The van der Waals surface area contributed by atoms with E-state index in [1.165, 1.54) is 19.3 Å². The number of ether oxygens (including phenoxy) is 2. The highest BCUT2D eigenvalue weighted by Crippen LogP contribution is 2.55. The molecule has 5 fully saturated rings. The molecule has 3 aromatic carbocycles. The van der Waals surface area contributed by atoms with Gasteiger partial charge in [-0.3, -0.25) is 4.98 Å². The molecule has 8 nitrogen and oxygen atoms in total. The third kappa shape index (κ3) is 8.36. The van der Waals surface area contributed by atoms with Crippen LogP contribution < -0.4 is 10.6 Å². The zero-order valence-electron chi connectivity index (χ0n) is 31.1. The number of nitrogens with zero attached hydrogens (tertiary/aromatic N) is 2. The van der Waals surface area contributed by atoms with E-state index in [9.17, 15) is 9.90 Å². The summed E-state index contributed by atoms with van der Waals surface area (Å²) >= 11 is 0. The number of hydrogen-bond donors (Lipinski definition) is 3. The molecule has 9 rings (SSSR count). The molecule has 4 saturated carbocycles. The summed E-state index contributed by atoms with van der Waals surface area (Å²) < 4.78 is 13.6. The second kappa shape index (κ2) is 15.7. The van der Waals surface area contributed by atoms with E-state index in [1.807, 2.05) is 30.5 Å². The van der Waals surface area contributed by atoms with Crippen molar-refractivity contribution in [1.82, 2.24) is 20.5 Å². The van der Waals surface area contributed by atoms with Crippen LogP contribution in [0, 0.1) is 23.7 Å². The maximum Gasteiger partial charge on any atom is 0.315 e. The van der Waals surface area contributed by atoms with Crippen molar-refractivity contribution in [2.24, 2.45) is 23.7 Å². The molecule has 1 saturated heterocycles. The zero-order valence-corrected chi connectivity index (χ0v) is 31.1. The molecule has 4 aliphatic carbocycles. The SMILES string of the molecule is C[C@@H]1[C@H](CN(C)CCc2ccccn2)O[C@H](c2cccc(-c3cccc(CNC(=O)NC45CC6CC(CC(C6)C4)C5)c3)c2)O[C@@H]1c1ccc(CO)cc1. The molecular weight excluding hydrogens is 661 g/mol. The Balaban J connectivity index is 0.955. The number of carbonyl (C=O) groups is 1. The minimum atomic E-state index is -0.555. The Morgan fingerprint density at radius 1 is 0.849 bits per heavy atom. The van der Waals surface area contributed by atoms with Gasteiger partial charge < -0.3 is 30.1 Å². The van der Waals surface area contributed by atoms with Crippen molar-refractivity contribution in [2.75, 3.05) is 20.1 Å². The fraction of sp³-hybridized carbons (Fsp3) is 0.467. The predicted octanol–water partition coefficient (Wildman–Crippen LogP) is 7.97. The maximum atomic E-state index is 13.2. The van der Waals surface area contributed by atoms with E-state index in [2.05, 4.69) is 101 Å². The van der Waals surface area contributed by atoms with Crippen molar-refractivity contribution < 1.29 is 19.4 Å². The minimum absolute atomic E-state index is 0.00186. The zero-order chi connectivity index (χ0) is 36.4. The molecule has 4 atom stereocenters. The van der Waals surface area contributed by atoms with Crippen LogP contribution in [0.4, 0.5) is 4.79 Å². The lowest BCUT2D eigenvalue weighted by Crippen LogP contribution is -2.61. The number of urea groups is 1. The van der Waals surface area contributed by atoms with Gasteiger partial charge in [-0.05, 0) is 115 Å². The lowest BCUT2D eigenvalue weighted by molar-refractivity contribution is -0.275. The third-order valence-electron chi connectivity index (χ3n) is 12.4. The predicted molar refractivity (Wildman–Crippen MR) is 207 cm³/mol. The van der Waals surface area contributed by atoms with Crippen molar-refractivity contribution >= 4 is 6.03 Å². The molecule has 2 heterocycles. The number of aliphatic hydroxyl groups is 1. The first-order valence-corrected chi connectivity index (χ1v) is 19.7. The van der Waals surface area contributed by atoms with Crippen LogP contribution in [0.2, 0.25) is 0 Å². The van der Waals surface area contributed by atoms with Crippen LogP contribution in [-0.2, 0) is 29.0 Å². The summed E-state index contributed by atoms with van der Waals surface area (Å²) in [6.45, 7) is 4.32. The minimum Gasteiger partial charge on any atom is -0.392 e. The highest BCUT2D eigenvalue weighted by atomic mass is 16.7. The van der Waals surface area contributed by atoms with Crippen LogP contribution in [0.1, 0.15) is 85.8 Å². The van der Waals surface area contributed by atoms with Crippen LogP contribution >= 0.6 is 0 Å². The lowest BCUT2D eigenvalue weighted by Gasteiger charge is -2.56. The van der Waals surface area contributed by atoms with Gasteiger partial charge in [-0.2, -0.15) is 0 Å². The van der Waals surface area contributed by atoms with Gasteiger partial charge in [0.2, 0.25) is 0 Å². The molecule has 0 spiro atoms. The van der Waals surface area contributed by atoms with Crippen LogP contribution in [0.3, 0.4) is 0 Å². The van der Waals surface area contributed by atoms with Gasteiger partial charge in [0.1, 0.15) is 0 Å². The van der Waals surface area contributed by atoms with Gasteiger partial charge in [-0.15, -0.1) is 0 Å². The summed E-state index contributed by atoms with van der Waals surface area (Å²) in [7, 11) is 2.14. The number of hydrogen-bond acceptors (Lipinski definition) is 6. The average Bonchev–Trinajstić information content (AvgIpc) is 3.17. The Morgan fingerprint density at radius 2 is 1.57 bits per heavy atom. The number of rotatable bonds is 12. The van der Waals surface area contributed by atoms with E-state index < -0.39 is 6.29 Å². The van der Waals surface area contributed by atoms with E-state index in [4.69, 9.17) is 9.47 Å². The Bertz CT molecular complexity index is 1810. The number of amides is 2. The topological polar surface area (TPSA) is 96.0 Å². The molecule has 0 unspecified atom stereocenters. The third-order valence-corrected chi connectivity index (χ3v) is 12.4. The molecule has 0 radical (unpaired) electrons. The number of likely N-dealkylation sites (N-methyl/N-ethyl adjacent to an activating group) is 1. The van der Waals surface area contributed by atoms with Crippen molar-refractivity contribution in [3.05, 3.63) is 125 Å². The summed E-state index contributed by atoms with van der Waals surface area (Å²) in [6.07, 6.45) is 9.42. The van der Waals surface area contributed by atoms with Gasteiger partial charge in [-0.25, -0.2) is 4.79 Å². The lowest BCUT2D eigenvalue weighted by atomic mass is 9.53. The second-order valence-corrected chi connectivity index (χ2v) is 16.5. The highest BCUT2D eigenvalue weighted by Gasteiger charge is 2.51. The van der Waals surface area contributed by atoms with Gasteiger partial charge in [0.15, 0.2) is 6.29 Å². The van der Waals surface area contributed by atoms with E-state index in [1.54, 1.807) is 0 Å². The molecule has 2 amide bonds. The van der Waals surface area contributed by atoms with E-state index in [-0.39, 0.29) is 36.3 Å². The second-order valence-electron chi connectivity index (χ2n) is 16.5. The van der Waals surface area contributed by atoms with Crippen LogP contribution in [0.5, 0.6) is 0 Å². The monoisotopic (exact) mass is 714 g/mol. The van der Waals surface area contributed by atoms with Gasteiger partial charge in [-0.1, -0.05) is 73.7 Å². The first kappa shape index (κ1) is 35.9. The van der Waals surface area contributed by atoms with E-state index >= 15 is 0 Å². The molecule has 4 aromatic rings. The van der Waals surface area contributed by atoms with Crippen LogP contribution in [0.25, 0.3) is 11.1 Å². The molecule has 5 aliphatic rings. The van der Waals surface area contributed by atoms with Crippen molar-refractivity contribution in [3.8, 4) is 11.1 Å². The average molecular weight is 715 g/mol. The van der Waals surface area contributed by atoms with Gasteiger partial charge in [0, 0.05) is 55.0 Å². The number of pyridine rings is 1. The quantitative estimate of drug-likeness (QED) is 0.138. The summed E-state index contributed by atoms with van der Waals surface area (Å²) in [6, 6.07) is 31.0. The first-order chi connectivity index (χ1) is 25.8. The van der Waals surface area contributed by atoms with Crippen molar-refractivity contribution in [2.45, 2.75) is 89.1 Å². The molecule has 1 aromatic heterocycles. The van der Waals surface area contributed by atoms with Crippen LogP contribution in [0.15, 0.2) is 97.2 Å². The highest BCUT2D eigenvalue weighted by molar-refractivity contribution is 5.75. The fourth-order valence-corrected chi connectivity index (χ4v) is 10.0. The Morgan fingerprint density at radius 3 is 2.26 bits per heavy atom. The van der Waals surface area contributed by atoms with E-state index in [0.717, 1.165) is 95.6 Å². The van der Waals surface area contributed by atoms with Crippen molar-refractivity contribution in [1.29, 1.82) is 0 Å². The molecule has 1 aliphatic heterocycles. The number of aromatic nitrogens is 1. The summed E-state index contributed by atoms with van der Waals surface area (Å²) in [5.41, 5.74) is 7.21. The molecule has 3 N–H and O–H groups in total. The van der Waals surface area contributed by atoms with Gasteiger partial charge in [0.05, 0.1) is 18.8 Å². The Kier molecular flexibility index (Phi) is 10.7. The largest absolute Gasteiger partial charge is 0.392 e. The molecule has 4 bridgehead atoms. The van der Waals surface area contributed by atoms with Gasteiger partial charge >= 0.3 is 6.03 Å². The number of carbonyl (C=O) groups excluding carboxylic acids is 1. The molecular formula is C45H54N4O4. The number of benzene rings is 3. The molecule has 53 heavy (non-hydrogen) atoms. The van der Waals surface area contributed by atoms with Crippen molar-refractivity contribution in [3.63, 3.8) is 0 Å².